The monoisotopic (exact) mass is 262 g/mol. The molecule has 19 heavy (non-hydrogen) atoms. The highest BCUT2D eigenvalue weighted by atomic mass is 16.4. The van der Waals surface area contributed by atoms with Gasteiger partial charge in [0, 0.05) is 0 Å². The first-order valence-corrected chi connectivity index (χ1v) is 7.11. The maximum absolute atomic E-state index is 11.6. The number of benzene rings is 1. The van der Waals surface area contributed by atoms with Crippen molar-refractivity contribution in [2.75, 3.05) is 0 Å². The second-order valence-corrected chi connectivity index (χ2v) is 5.50. The highest BCUT2D eigenvalue weighted by Crippen LogP contribution is 2.51. The van der Waals surface area contributed by atoms with Crippen LogP contribution < -0.4 is 0 Å². The molecule has 0 amide bonds. The molecule has 0 radical (unpaired) electrons. The van der Waals surface area contributed by atoms with Gasteiger partial charge in [-0.3, -0.25) is 4.79 Å². The summed E-state index contributed by atoms with van der Waals surface area (Å²) < 4.78 is 0. The van der Waals surface area contributed by atoms with Crippen molar-refractivity contribution in [3.63, 3.8) is 0 Å². The predicted molar refractivity (Wildman–Crippen MR) is 73.7 cm³/mol. The molecule has 2 rings (SSSR count). The molecule has 2 atom stereocenters. The summed E-state index contributed by atoms with van der Waals surface area (Å²) in [6, 6.07) is 9.31. The molecule has 0 spiro atoms. The number of carbonyl (C=O) groups is 1. The van der Waals surface area contributed by atoms with Crippen molar-refractivity contribution in [2.24, 2.45) is 11.8 Å². The van der Waals surface area contributed by atoms with Crippen LogP contribution >= 0.6 is 0 Å². The topological polar surface area (TPSA) is 57.5 Å². The average molecular weight is 262 g/mol. The largest absolute Gasteiger partial charge is 0.481 e. The van der Waals surface area contributed by atoms with Crippen molar-refractivity contribution in [3.05, 3.63) is 35.9 Å². The summed E-state index contributed by atoms with van der Waals surface area (Å²) in [6.07, 6.45) is 4.15. The van der Waals surface area contributed by atoms with Gasteiger partial charge in [0.2, 0.25) is 0 Å². The Kier molecular flexibility index (Phi) is 4.25. The highest BCUT2D eigenvalue weighted by molar-refractivity contribution is 5.72. The van der Waals surface area contributed by atoms with Gasteiger partial charge in [0.25, 0.3) is 0 Å². The van der Waals surface area contributed by atoms with Crippen LogP contribution in [0.1, 0.15) is 44.6 Å². The smallest absolute Gasteiger partial charge is 0.309 e. The quantitative estimate of drug-likeness (QED) is 0.793. The van der Waals surface area contributed by atoms with E-state index in [2.05, 4.69) is 0 Å². The molecule has 1 aromatic rings. The molecule has 0 bridgehead atoms. The Morgan fingerprint density at radius 3 is 2.47 bits per heavy atom. The van der Waals surface area contributed by atoms with E-state index in [4.69, 9.17) is 0 Å². The molecule has 3 nitrogen and oxygen atoms in total. The molecule has 1 fully saturated rings. The molecule has 104 valence electrons. The van der Waals surface area contributed by atoms with E-state index in [1.807, 2.05) is 37.3 Å². The lowest BCUT2D eigenvalue weighted by Gasteiger charge is -2.35. The number of rotatable bonds is 7. The lowest BCUT2D eigenvalue weighted by atomic mass is 9.75. The summed E-state index contributed by atoms with van der Waals surface area (Å²) in [5, 5.41) is 20.6. The SMILES string of the molecule is CCCCC(C(=O)O)C(O)(c1ccccc1)C1CC1. The number of aliphatic carboxylic acids is 1. The molecule has 1 saturated carbocycles. The molecule has 1 aromatic carbocycles. The first-order chi connectivity index (χ1) is 9.10. The van der Waals surface area contributed by atoms with Crippen LogP contribution in [0, 0.1) is 11.8 Å². The zero-order chi connectivity index (χ0) is 13.9. The van der Waals surface area contributed by atoms with Gasteiger partial charge in [0.1, 0.15) is 5.60 Å². The number of unbranched alkanes of at least 4 members (excludes halogenated alkanes) is 1. The normalized spacial score (nSPS) is 19.7. The van der Waals surface area contributed by atoms with E-state index in [1.165, 1.54) is 0 Å². The summed E-state index contributed by atoms with van der Waals surface area (Å²) in [5.74, 6) is -1.50. The fourth-order valence-electron chi connectivity index (χ4n) is 2.89. The zero-order valence-corrected chi connectivity index (χ0v) is 11.4. The first-order valence-electron chi connectivity index (χ1n) is 7.11. The fourth-order valence-corrected chi connectivity index (χ4v) is 2.89. The summed E-state index contributed by atoms with van der Waals surface area (Å²) >= 11 is 0. The number of carboxylic acids is 1. The van der Waals surface area contributed by atoms with Crippen molar-refractivity contribution < 1.29 is 15.0 Å². The Morgan fingerprint density at radius 2 is 2.00 bits per heavy atom. The molecular weight excluding hydrogens is 240 g/mol. The zero-order valence-electron chi connectivity index (χ0n) is 11.4. The molecule has 3 heteroatoms. The molecular formula is C16H22O3. The van der Waals surface area contributed by atoms with Crippen LogP contribution in [0.25, 0.3) is 0 Å². The van der Waals surface area contributed by atoms with E-state index in [-0.39, 0.29) is 5.92 Å². The Bertz CT molecular complexity index is 425. The highest BCUT2D eigenvalue weighted by Gasteiger charge is 2.52. The second kappa shape index (κ2) is 5.74. The van der Waals surface area contributed by atoms with Crippen LogP contribution in [0.5, 0.6) is 0 Å². The molecule has 2 N–H and O–H groups in total. The molecule has 0 aromatic heterocycles. The molecule has 2 unspecified atom stereocenters. The summed E-state index contributed by atoms with van der Waals surface area (Å²) in [6.45, 7) is 2.04. The van der Waals surface area contributed by atoms with Gasteiger partial charge in [-0.15, -0.1) is 0 Å². The van der Waals surface area contributed by atoms with E-state index >= 15 is 0 Å². The summed E-state index contributed by atoms with van der Waals surface area (Å²) in [4.78, 5) is 11.6. The van der Waals surface area contributed by atoms with Crippen LogP contribution in [-0.4, -0.2) is 16.2 Å². The van der Waals surface area contributed by atoms with Crippen LogP contribution in [-0.2, 0) is 10.4 Å². The average Bonchev–Trinajstić information content (AvgIpc) is 3.24. The fraction of sp³-hybridized carbons (Fsp3) is 0.562. The molecule has 1 aliphatic carbocycles. The second-order valence-electron chi connectivity index (χ2n) is 5.50. The molecule has 1 aliphatic rings. The minimum absolute atomic E-state index is 0.0906. The Labute approximate surface area is 114 Å². The standard InChI is InChI=1S/C16H22O3/c1-2-3-9-14(15(17)18)16(19,13-10-11-13)12-7-5-4-6-8-12/h4-8,13-14,19H,2-3,9-11H2,1H3,(H,17,18). The third kappa shape index (κ3) is 2.81. The van der Waals surface area contributed by atoms with Crippen molar-refractivity contribution in [2.45, 2.75) is 44.6 Å². The van der Waals surface area contributed by atoms with E-state index in [9.17, 15) is 15.0 Å². The van der Waals surface area contributed by atoms with Crippen LogP contribution in [0.4, 0.5) is 0 Å². The Balaban J connectivity index is 2.34. The number of hydrogen-bond acceptors (Lipinski definition) is 2. The number of hydrogen-bond donors (Lipinski definition) is 2. The van der Waals surface area contributed by atoms with Crippen molar-refractivity contribution in [1.82, 2.24) is 0 Å². The Hall–Kier alpha value is -1.35. The van der Waals surface area contributed by atoms with E-state index in [0.717, 1.165) is 31.2 Å². The van der Waals surface area contributed by atoms with Crippen molar-refractivity contribution in [3.8, 4) is 0 Å². The van der Waals surface area contributed by atoms with Gasteiger partial charge in [-0.1, -0.05) is 50.1 Å². The minimum atomic E-state index is -1.21. The van der Waals surface area contributed by atoms with Crippen molar-refractivity contribution >= 4 is 5.97 Å². The summed E-state index contributed by atoms with van der Waals surface area (Å²) in [7, 11) is 0. The van der Waals surface area contributed by atoms with Crippen LogP contribution in [0.15, 0.2) is 30.3 Å². The third-order valence-corrected chi connectivity index (χ3v) is 4.11. The molecule has 0 heterocycles. The maximum atomic E-state index is 11.6. The van der Waals surface area contributed by atoms with Crippen molar-refractivity contribution in [1.29, 1.82) is 0 Å². The van der Waals surface area contributed by atoms with Gasteiger partial charge in [0.05, 0.1) is 5.92 Å². The van der Waals surface area contributed by atoms with E-state index < -0.39 is 17.5 Å². The van der Waals surface area contributed by atoms with Gasteiger partial charge in [-0.25, -0.2) is 0 Å². The van der Waals surface area contributed by atoms with E-state index in [1.54, 1.807) is 0 Å². The van der Waals surface area contributed by atoms with Gasteiger partial charge in [-0.2, -0.15) is 0 Å². The molecule has 0 saturated heterocycles. The maximum Gasteiger partial charge on any atom is 0.309 e. The van der Waals surface area contributed by atoms with Gasteiger partial charge in [0.15, 0.2) is 0 Å². The molecule has 0 aliphatic heterocycles. The third-order valence-electron chi connectivity index (χ3n) is 4.11. The van der Waals surface area contributed by atoms with E-state index in [0.29, 0.717) is 6.42 Å². The van der Waals surface area contributed by atoms with Crippen LogP contribution in [0.3, 0.4) is 0 Å². The van der Waals surface area contributed by atoms with Gasteiger partial charge >= 0.3 is 5.97 Å². The number of aliphatic hydroxyl groups is 1. The lowest BCUT2D eigenvalue weighted by Crippen LogP contribution is -2.42. The van der Waals surface area contributed by atoms with Gasteiger partial charge in [-0.05, 0) is 30.7 Å². The first kappa shape index (κ1) is 14.1. The Morgan fingerprint density at radius 1 is 1.37 bits per heavy atom. The van der Waals surface area contributed by atoms with Crippen LogP contribution in [0.2, 0.25) is 0 Å². The van der Waals surface area contributed by atoms with Gasteiger partial charge < -0.3 is 10.2 Å². The lowest BCUT2D eigenvalue weighted by molar-refractivity contribution is -0.156. The predicted octanol–water partition coefficient (Wildman–Crippen LogP) is 3.18. The summed E-state index contributed by atoms with van der Waals surface area (Å²) in [5.41, 5.74) is -0.455. The minimum Gasteiger partial charge on any atom is -0.481 e. The number of carboxylic acid groups (broad SMARTS) is 1.